The summed E-state index contributed by atoms with van der Waals surface area (Å²) in [5.41, 5.74) is 5.15. The molecule has 0 unspecified atom stereocenters. The molecule has 7 aliphatic rings. The molecule has 13 heteroatoms. The third kappa shape index (κ3) is 12.6. The number of fused-ring (bicyclic) bond motifs is 1. The standard InChI is InChI=1S/C23H40N4O3.C22H42N4O2/c1-23(2,3)30-22(29)26-14-8-18(9-15-26)25-12-10-19(11-13-25)27-20-7-5-4-6-17(20)16-24-21(27)28;1-22(2,3)28-21(27)26-14-10-19(11-15-26)25-12-8-18(9-13-25)24-20-7-5-4-6-17(20)16-23/h17-20H,4-16H2,1-3H3,(H,24,28);17-20,24H,4-16,23H2,1-3H3/t2*17-,20+/m11/s1. The SMILES string of the molecule is CC(C)(C)OC(=O)N1CCC(N2CCC(N3C(=O)NC[C@H]4CCCC[C@@H]43)CC2)CC1.CC(C)(C)OC(=O)N1CCC(N2CCC(N[C@H]3CCCC[C@@H]3CN)CC2)CC1. The zero-order valence-corrected chi connectivity index (χ0v) is 37.4. The van der Waals surface area contributed by atoms with Gasteiger partial charge in [-0.25, -0.2) is 14.4 Å². The second-order valence-electron chi connectivity index (χ2n) is 20.7. The molecule has 7 rings (SSSR count). The van der Waals surface area contributed by atoms with Gasteiger partial charge in [-0.1, -0.05) is 25.7 Å². The van der Waals surface area contributed by atoms with Crippen LogP contribution in [0.2, 0.25) is 0 Å². The van der Waals surface area contributed by atoms with E-state index in [2.05, 4.69) is 25.3 Å². The number of piperidine rings is 4. The molecule has 2 aliphatic carbocycles. The maximum atomic E-state index is 12.7. The maximum absolute atomic E-state index is 12.7. The Balaban J connectivity index is 0.000000196. The highest BCUT2D eigenvalue weighted by Gasteiger charge is 2.42. The number of urea groups is 1. The Kier molecular flexibility index (Phi) is 16.0. The van der Waals surface area contributed by atoms with E-state index in [-0.39, 0.29) is 18.2 Å². The van der Waals surface area contributed by atoms with Gasteiger partial charge in [0.2, 0.25) is 0 Å². The zero-order valence-electron chi connectivity index (χ0n) is 37.4. The summed E-state index contributed by atoms with van der Waals surface area (Å²) >= 11 is 0. The second-order valence-corrected chi connectivity index (χ2v) is 20.7. The average molecular weight is 815 g/mol. The minimum atomic E-state index is -0.437. The van der Waals surface area contributed by atoms with Gasteiger partial charge in [-0.3, -0.25) is 0 Å². The first kappa shape index (κ1) is 45.2. The van der Waals surface area contributed by atoms with Gasteiger partial charge in [0, 0.05) is 82.1 Å². The van der Waals surface area contributed by atoms with Gasteiger partial charge in [0.15, 0.2) is 0 Å². The fourth-order valence-corrected chi connectivity index (χ4v) is 11.1. The molecular formula is C45H82N8O5. The smallest absolute Gasteiger partial charge is 0.410 e. The van der Waals surface area contributed by atoms with E-state index in [1.807, 2.05) is 51.3 Å². The Labute approximate surface area is 351 Å². The average Bonchev–Trinajstić information content (AvgIpc) is 3.20. The van der Waals surface area contributed by atoms with Crippen molar-refractivity contribution in [1.82, 2.24) is 35.1 Å². The summed E-state index contributed by atoms with van der Waals surface area (Å²) in [6.45, 7) is 20.9. The first-order valence-electron chi connectivity index (χ1n) is 23.6. The topological polar surface area (TPSA) is 136 Å². The molecule has 5 aliphatic heterocycles. The number of likely N-dealkylation sites (tertiary alicyclic amines) is 4. The van der Waals surface area contributed by atoms with Gasteiger partial charge in [-0.15, -0.1) is 0 Å². The summed E-state index contributed by atoms with van der Waals surface area (Å²) in [5, 5.41) is 7.11. The van der Waals surface area contributed by atoms with Gasteiger partial charge < -0.3 is 50.3 Å². The highest BCUT2D eigenvalue weighted by molar-refractivity contribution is 5.76. The van der Waals surface area contributed by atoms with Crippen LogP contribution < -0.4 is 16.4 Å². The molecule has 0 aromatic heterocycles. The van der Waals surface area contributed by atoms with Gasteiger partial charge in [0.05, 0.1) is 0 Å². The molecule has 4 atom stereocenters. The van der Waals surface area contributed by atoms with Gasteiger partial charge in [-0.05, 0) is 150 Å². The number of nitrogens with zero attached hydrogens (tertiary/aromatic N) is 5. The number of hydrogen-bond donors (Lipinski definition) is 3. The third-order valence-corrected chi connectivity index (χ3v) is 14.3. The van der Waals surface area contributed by atoms with Crippen molar-refractivity contribution in [3.05, 3.63) is 0 Å². The van der Waals surface area contributed by atoms with Crippen LogP contribution in [0.1, 0.15) is 144 Å². The molecular weight excluding hydrogens is 733 g/mol. The number of nitrogens with one attached hydrogen (secondary N) is 2. The minimum absolute atomic E-state index is 0.157. The second kappa shape index (κ2) is 20.5. The van der Waals surface area contributed by atoms with Crippen molar-refractivity contribution < 1.29 is 23.9 Å². The van der Waals surface area contributed by atoms with Crippen molar-refractivity contribution in [3.63, 3.8) is 0 Å². The Morgan fingerprint density at radius 1 is 0.638 bits per heavy atom. The first-order chi connectivity index (χ1) is 27.7. The van der Waals surface area contributed by atoms with Crippen LogP contribution in [-0.4, -0.2) is 156 Å². The highest BCUT2D eigenvalue weighted by Crippen LogP contribution is 2.35. The third-order valence-electron chi connectivity index (χ3n) is 14.3. The fourth-order valence-electron chi connectivity index (χ4n) is 11.1. The molecule has 13 nitrogen and oxygen atoms in total. The van der Waals surface area contributed by atoms with Crippen LogP contribution >= 0.6 is 0 Å². The molecule has 4 amide bonds. The van der Waals surface area contributed by atoms with Crippen LogP contribution in [0, 0.1) is 11.8 Å². The number of nitrogens with two attached hydrogens (primary N) is 1. The number of rotatable bonds is 6. The molecule has 4 N–H and O–H groups in total. The fraction of sp³-hybridized carbons (Fsp3) is 0.933. The quantitative estimate of drug-likeness (QED) is 0.279. The molecule has 0 spiro atoms. The predicted octanol–water partition coefficient (Wildman–Crippen LogP) is 6.39. The van der Waals surface area contributed by atoms with E-state index in [1.165, 1.54) is 77.3 Å². The Bertz CT molecular complexity index is 1310. The zero-order chi connectivity index (χ0) is 41.5. The summed E-state index contributed by atoms with van der Waals surface area (Å²) in [4.78, 5) is 48.5. The molecule has 2 saturated carbocycles. The molecule has 0 bridgehead atoms. The molecule has 0 radical (unpaired) electrons. The van der Waals surface area contributed by atoms with Crippen molar-refractivity contribution >= 4 is 18.2 Å². The lowest BCUT2D eigenvalue weighted by Crippen LogP contribution is -2.63. The summed E-state index contributed by atoms with van der Waals surface area (Å²) in [6.07, 6.45) is 18.7. The summed E-state index contributed by atoms with van der Waals surface area (Å²) < 4.78 is 11.0. The van der Waals surface area contributed by atoms with Crippen LogP contribution in [0.25, 0.3) is 0 Å². The Morgan fingerprint density at radius 2 is 1.10 bits per heavy atom. The number of carbonyl (C=O) groups is 3. The molecule has 0 aromatic carbocycles. The van der Waals surface area contributed by atoms with E-state index in [1.54, 1.807) is 0 Å². The number of amides is 4. The van der Waals surface area contributed by atoms with Crippen LogP contribution in [0.3, 0.4) is 0 Å². The maximum Gasteiger partial charge on any atom is 0.410 e. The normalized spacial score (nSPS) is 29.6. The minimum Gasteiger partial charge on any atom is -0.444 e. The van der Waals surface area contributed by atoms with Crippen molar-refractivity contribution in [2.45, 2.75) is 192 Å². The van der Waals surface area contributed by atoms with Crippen molar-refractivity contribution in [3.8, 4) is 0 Å². The lowest BCUT2D eigenvalue weighted by molar-refractivity contribution is 0.00572. The highest BCUT2D eigenvalue weighted by atomic mass is 16.6. The molecule has 58 heavy (non-hydrogen) atoms. The summed E-state index contributed by atoms with van der Waals surface area (Å²) in [6, 6.07) is 3.45. The van der Waals surface area contributed by atoms with Crippen molar-refractivity contribution in [2.75, 3.05) is 65.4 Å². The van der Waals surface area contributed by atoms with Crippen molar-refractivity contribution in [1.29, 1.82) is 0 Å². The van der Waals surface area contributed by atoms with Crippen LogP contribution in [0.15, 0.2) is 0 Å². The van der Waals surface area contributed by atoms with Gasteiger partial charge in [0.1, 0.15) is 11.2 Å². The number of hydrogen-bond acceptors (Lipinski definition) is 9. The van der Waals surface area contributed by atoms with Crippen LogP contribution in [-0.2, 0) is 9.47 Å². The van der Waals surface area contributed by atoms with Crippen LogP contribution in [0.4, 0.5) is 14.4 Å². The van der Waals surface area contributed by atoms with Gasteiger partial charge >= 0.3 is 18.2 Å². The number of ether oxygens (including phenoxy) is 2. The van der Waals surface area contributed by atoms with Gasteiger partial charge in [0.25, 0.3) is 0 Å². The lowest BCUT2D eigenvalue weighted by atomic mass is 9.81. The lowest BCUT2D eigenvalue weighted by Gasteiger charge is -2.50. The summed E-state index contributed by atoms with van der Waals surface area (Å²) in [5.74, 6) is 1.32. The molecule has 7 fully saturated rings. The molecule has 5 saturated heterocycles. The molecule has 0 aromatic rings. The number of carbonyl (C=O) groups excluding carboxylic acids is 3. The van der Waals surface area contributed by atoms with Gasteiger partial charge in [-0.2, -0.15) is 0 Å². The van der Waals surface area contributed by atoms with E-state index in [0.717, 1.165) is 90.9 Å². The molecule has 332 valence electrons. The molecule has 5 heterocycles. The van der Waals surface area contributed by atoms with E-state index < -0.39 is 11.2 Å². The summed E-state index contributed by atoms with van der Waals surface area (Å²) in [7, 11) is 0. The van der Waals surface area contributed by atoms with E-state index in [9.17, 15) is 14.4 Å². The monoisotopic (exact) mass is 815 g/mol. The van der Waals surface area contributed by atoms with E-state index >= 15 is 0 Å². The predicted molar refractivity (Wildman–Crippen MR) is 230 cm³/mol. The van der Waals surface area contributed by atoms with Crippen molar-refractivity contribution in [2.24, 2.45) is 17.6 Å². The Morgan fingerprint density at radius 3 is 1.62 bits per heavy atom. The van der Waals surface area contributed by atoms with E-state index in [4.69, 9.17) is 15.2 Å². The first-order valence-corrected chi connectivity index (χ1v) is 23.6. The Hall–Kier alpha value is -2.35. The van der Waals surface area contributed by atoms with Crippen LogP contribution in [0.5, 0.6) is 0 Å². The van der Waals surface area contributed by atoms with E-state index in [0.29, 0.717) is 48.1 Å². The largest absolute Gasteiger partial charge is 0.444 e.